The first-order valence-electron chi connectivity index (χ1n) is 7.23. The van der Waals surface area contributed by atoms with Crippen LogP contribution in [0.25, 0.3) is 0 Å². The van der Waals surface area contributed by atoms with Crippen LogP contribution in [0.15, 0.2) is 18.3 Å². The minimum absolute atomic E-state index is 0.229. The maximum atomic E-state index is 13.0. The molecule has 0 bridgehead atoms. The van der Waals surface area contributed by atoms with E-state index in [9.17, 15) is 14.0 Å². The van der Waals surface area contributed by atoms with Crippen LogP contribution in [-0.4, -0.2) is 23.3 Å². The van der Waals surface area contributed by atoms with Gasteiger partial charge in [-0.05, 0) is 37.8 Å². The maximum Gasteiger partial charge on any atom is 0.313 e. The van der Waals surface area contributed by atoms with Gasteiger partial charge in [0.05, 0.1) is 24.4 Å². The summed E-state index contributed by atoms with van der Waals surface area (Å²) in [6.07, 6.45) is 2.25. The fourth-order valence-electron chi connectivity index (χ4n) is 2.04. The number of Topliss-reactive ketones (excluding diaryl/α,β-unsaturated/α-hetero) is 1. The molecule has 1 aromatic heterocycles. The third-order valence-electron chi connectivity index (χ3n) is 3.15. The summed E-state index contributed by atoms with van der Waals surface area (Å²) in [5.41, 5.74) is 0.506. The van der Waals surface area contributed by atoms with E-state index < -0.39 is 17.7 Å². The molecule has 0 saturated heterocycles. The third-order valence-corrected chi connectivity index (χ3v) is 3.15. The van der Waals surface area contributed by atoms with Crippen LogP contribution in [0.5, 0.6) is 0 Å². The molecule has 5 heteroatoms. The second-order valence-corrected chi connectivity index (χ2v) is 5.37. The van der Waals surface area contributed by atoms with Gasteiger partial charge >= 0.3 is 5.97 Å². The average Bonchev–Trinajstić information content (AvgIpc) is 2.40. The summed E-state index contributed by atoms with van der Waals surface area (Å²) in [4.78, 5) is 27.7. The Hall–Kier alpha value is -1.78. The molecule has 1 aromatic rings. The van der Waals surface area contributed by atoms with Crippen LogP contribution in [0, 0.1) is 11.7 Å². The molecule has 1 heterocycles. The molecule has 0 radical (unpaired) electrons. The molecule has 0 spiro atoms. The molecular formula is C16H22FNO3. The number of ether oxygens (including phenoxy) is 1. The SMILES string of the molecule is CCOC(=O)CC(=O)C(CCC(C)C)c1ccc(F)cn1. The van der Waals surface area contributed by atoms with Gasteiger partial charge in [-0.2, -0.15) is 0 Å². The first-order chi connectivity index (χ1) is 9.93. The van der Waals surface area contributed by atoms with E-state index in [1.165, 1.54) is 12.1 Å². The highest BCUT2D eigenvalue weighted by atomic mass is 19.1. The smallest absolute Gasteiger partial charge is 0.313 e. The lowest BCUT2D eigenvalue weighted by atomic mass is 9.89. The van der Waals surface area contributed by atoms with E-state index in [1.54, 1.807) is 6.92 Å². The largest absolute Gasteiger partial charge is 0.466 e. The number of halogens is 1. The van der Waals surface area contributed by atoms with Crippen molar-refractivity contribution in [2.45, 2.75) is 46.0 Å². The van der Waals surface area contributed by atoms with E-state index in [0.29, 0.717) is 18.0 Å². The lowest BCUT2D eigenvalue weighted by Crippen LogP contribution is -2.19. The summed E-state index contributed by atoms with van der Waals surface area (Å²) >= 11 is 0. The highest BCUT2D eigenvalue weighted by Crippen LogP contribution is 2.24. The van der Waals surface area contributed by atoms with Crippen molar-refractivity contribution in [1.82, 2.24) is 4.98 Å². The highest BCUT2D eigenvalue weighted by molar-refractivity contribution is 5.98. The van der Waals surface area contributed by atoms with Crippen LogP contribution < -0.4 is 0 Å². The second kappa shape index (κ2) is 8.49. The molecule has 116 valence electrons. The van der Waals surface area contributed by atoms with Crippen LogP contribution in [0.4, 0.5) is 4.39 Å². The molecule has 1 rings (SSSR count). The van der Waals surface area contributed by atoms with Crippen molar-refractivity contribution >= 4 is 11.8 Å². The normalized spacial score (nSPS) is 12.2. The van der Waals surface area contributed by atoms with Gasteiger partial charge in [0.15, 0.2) is 5.78 Å². The van der Waals surface area contributed by atoms with Gasteiger partial charge < -0.3 is 4.74 Å². The van der Waals surface area contributed by atoms with Crippen LogP contribution in [0.3, 0.4) is 0 Å². The Morgan fingerprint density at radius 1 is 1.29 bits per heavy atom. The monoisotopic (exact) mass is 295 g/mol. The number of carbonyl (C=O) groups excluding carboxylic acids is 2. The van der Waals surface area contributed by atoms with E-state index in [2.05, 4.69) is 18.8 Å². The number of carbonyl (C=O) groups is 2. The molecule has 0 fully saturated rings. The lowest BCUT2D eigenvalue weighted by molar-refractivity contribution is -0.145. The van der Waals surface area contributed by atoms with Gasteiger partial charge in [0.1, 0.15) is 12.2 Å². The lowest BCUT2D eigenvalue weighted by Gasteiger charge is -2.16. The van der Waals surface area contributed by atoms with E-state index in [4.69, 9.17) is 4.74 Å². The van der Waals surface area contributed by atoms with Gasteiger partial charge in [-0.25, -0.2) is 4.39 Å². The Bertz CT molecular complexity index is 471. The second-order valence-electron chi connectivity index (χ2n) is 5.37. The summed E-state index contributed by atoms with van der Waals surface area (Å²) in [6.45, 7) is 6.06. The van der Waals surface area contributed by atoms with Crippen LogP contribution in [0.1, 0.15) is 51.6 Å². The van der Waals surface area contributed by atoms with Crippen molar-refractivity contribution in [2.75, 3.05) is 6.61 Å². The zero-order chi connectivity index (χ0) is 15.8. The van der Waals surface area contributed by atoms with Crippen molar-refractivity contribution in [3.05, 3.63) is 29.8 Å². The van der Waals surface area contributed by atoms with E-state index in [1.807, 2.05) is 0 Å². The maximum absolute atomic E-state index is 13.0. The zero-order valence-electron chi connectivity index (χ0n) is 12.8. The molecule has 0 aromatic carbocycles. The number of rotatable bonds is 8. The van der Waals surface area contributed by atoms with Crippen molar-refractivity contribution in [3.8, 4) is 0 Å². The van der Waals surface area contributed by atoms with E-state index >= 15 is 0 Å². The highest BCUT2D eigenvalue weighted by Gasteiger charge is 2.24. The Kier molecular flexibility index (Phi) is 6.99. The Labute approximate surface area is 124 Å². The Morgan fingerprint density at radius 2 is 2.00 bits per heavy atom. The molecule has 0 saturated carbocycles. The molecule has 0 aliphatic rings. The van der Waals surface area contributed by atoms with Crippen LogP contribution >= 0.6 is 0 Å². The van der Waals surface area contributed by atoms with Crippen molar-refractivity contribution in [2.24, 2.45) is 5.92 Å². The summed E-state index contributed by atoms with van der Waals surface area (Å²) in [6, 6.07) is 2.78. The van der Waals surface area contributed by atoms with Gasteiger partial charge in [0.25, 0.3) is 0 Å². The summed E-state index contributed by atoms with van der Waals surface area (Å²) < 4.78 is 17.8. The Morgan fingerprint density at radius 3 is 2.52 bits per heavy atom. The minimum atomic E-state index is -0.529. The van der Waals surface area contributed by atoms with Crippen molar-refractivity contribution in [1.29, 1.82) is 0 Å². The topological polar surface area (TPSA) is 56.3 Å². The standard InChI is InChI=1S/C16H22FNO3/c1-4-21-16(20)9-15(19)13(7-5-11(2)3)14-8-6-12(17)10-18-14/h6,8,10-11,13H,4-5,7,9H2,1-3H3. The van der Waals surface area contributed by atoms with Crippen molar-refractivity contribution in [3.63, 3.8) is 0 Å². The number of ketones is 1. The first-order valence-corrected chi connectivity index (χ1v) is 7.23. The molecule has 0 N–H and O–H groups in total. The number of hydrogen-bond acceptors (Lipinski definition) is 4. The molecule has 1 atom stereocenters. The number of hydrogen-bond donors (Lipinski definition) is 0. The number of esters is 1. The van der Waals surface area contributed by atoms with Crippen LogP contribution in [0.2, 0.25) is 0 Å². The van der Waals surface area contributed by atoms with E-state index in [0.717, 1.165) is 12.6 Å². The summed E-state index contributed by atoms with van der Waals surface area (Å²) in [5, 5.41) is 0. The molecule has 0 aliphatic heterocycles. The molecular weight excluding hydrogens is 273 g/mol. The molecule has 4 nitrogen and oxygen atoms in total. The average molecular weight is 295 g/mol. The number of nitrogens with zero attached hydrogens (tertiary/aromatic N) is 1. The summed E-state index contributed by atoms with van der Waals surface area (Å²) in [7, 11) is 0. The van der Waals surface area contributed by atoms with E-state index in [-0.39, 0.29) is 18.8 Å². The molecule has 1 unspecified atom stereocenters. The third kappa shape index (κ3) is 6.02. The van der Waals surface area contributed by atoms with Crippen molar-refractivity contribution < 1.29 is 18.7 Å². The number of pyridine rings is 1. The van der Waals surface area contributed by atoms with Gasteiger partial charge in [-0.15, -0.1) is 0 Å². The van der Waals surface area contributed by atoms with Gasteiger partial charge in [0, 0.05) is 0 Å². The fraction of sp³-hybridized carbons (Fsp3) is 0.562. The fourth-order valence-corrected chi connectivity index (χ4v) is 2.04. The molecule has 21 heavy (non-hydrogen) atoms. The Balaban J connectivity index is 2.83. The predicted octanol–water partition coefficient (Wildman–Crippen LogP) is 3.26. The minimum Gasteiger partial charge on any atom is -0.466 e. The van der Waals surface area contributed by atoms with Gasteiger partial charge in [-0.3, -0.25) is 14.6 Å². The molecule has 0 aliphatic carbocycles. The predicted molar refractivity (Wildman–Crippen MR) is 77.3 cm³/mol. The number of aromatic nitrogens is 1. The van der Waals surface area contributed by atoms with Gasteiger partial charge in [-0.1, -0.05) is 13.8 Å². The first kappa shape index (κ1) is 17.3. The van der Waals surface area contributed by atoms with Gasteiger partial charge in [0.2, 0.25) is 0 Å². The molecule has 0 amide bonds. The quantitative estimate of drug-likeness (QED) is 0.545. The summed E-state index contributed by atoms with van der Waals surface area (Å²) in [5.74, 6) is -1.26. The zero-order valence-corrected chi connectivity index (χ0v) is 12.8. The van der Waals surface area contributed by atoms with Crippen LogP contribution in [-0.2, 0) is 14.3 Å².